The zero-order valence-electron chi connectivity index (χ0n) is 17.9. The second kappa shape index (κ2) is 7.96. The fourth-order valence-electron chi connectivity index (χ4n) is 4.97. The predicted octanol–water partition coefficient (Wildman–Crippen LogP) is 4.59. The minimum Gasteiger partial charge on any atom is -0.481 e. The quantitative estimate of drug-likeness (QED) is 0.525. The Morgan fingerprint density at radius 2 is 1.77 bits per heavy atom. The van der Waals surface area contributed by atoms with Gasteiger partial charge < -0.3 is 15.2 Å². The minimum atomic E-state index is -0.955. The van der Waals surface area contributed by atoms with Gasteiger partial charge in [-0.25, -0.2) is 4.79 Å². The number of nitrogens with one attached hydrogen (secondary N) is 1. The molecule has 0 aliphatic heterocycles. The molecule has 31 heavy (non-hydrogen) atoms. The van der Waals surface area contributed by atoms with E-state index in [-0.39, 0.29) is 17.7 Å². The third kappa shape index (κ3) is 3.57. The summed E-state index contributed by atoms with van der Waals surface area (Å²) in [6.07, 6.45) is 4.52. The number of carboxylic acids is 1. The monoisotopic (exact) mass is 439 g/mol. The number of benzene rings is 1. The summed E-state index contributed by atoms with van der Waals surface area (Å²) in [5.41, 5.74) is 4.05. The Balaban J connectivity index is 1.75. The average molecular weight is 440 g/mol. The number of hydrogen-bond donors (Lipinski definition) is 2. The minimum absolute atomic E-state index is 0.0905. The number of carboxylic acid groups (broad SMARTS) is 1. The molecule has 1 aromatic carbocycles. The van der Waals surface area contributed by atoms with Gasteiger partial charge in [-0.15, -0.1) is 11.3 Å². The zero-order chi connectivity index (χ0) is 22.4. The van der Waals surface area contributed by atoms with E-state index in [1.54, 1.807) is 0 Å². The summed E-state index contributed by atoms with van der Waals surface area (Å²) < 4.78 is 5.05. The molecule has 1 fully saturated rings. The third-order valence-electron chi connectivity index (χ3n) is 6.42. The largest absolute Gasteiger partial charge is 0.481 e. The first kappa shape index (κ1) is 21.3. The topological polar surface area (TPSA) is 92.7 Å². The molecule has 0 spiro atoms. The molecule has 0 saturated heterocycles. The molecule has 0 unspecified atom stereocenters. The second-order valence-corrected chi connectivity index (χ2v) is 9.60. The maximum absolute atomic E-state index is 13.2. The Kier molecular flexibility index (Phi) is 5.47. The molecule has 4 rings (SSSR count). The van der Waals surface area contributed by atoms with Crippen molar-refractivity contribution in [3.63, 3.8) is 0 Å². The Morgan fingerprint density at radius 3 is 2.42 bits per heavy atom. The van der Waals surface area contributed by atoms with E-state index in [0.717, 1.165) is 27.1 Å². The van der Waals surface area contributed by atoms with Crippen LogP contribution >= 0.6 is 11.3 Å². The maximum atomic E-state index is 13.2. The first-order valence-electron chi connectivity index (χ1n) is 10.2. The lowest BCUT2D eigenvalue weighted by molar-refractivity contribution is -0.146. The van der Waals surface area contributed by atoms with Crippen LogP contribution in [0.3, 0.4) is 0 Å². The van der Waals surface area contributed by atoms with E-state index < -0.39 is 23.8 Å². The summed E-state index contributed by atoms with van der Waals surface area (Å²) in [4.78, 5) is 38.7. The number of amides is 1. The molecule has 4 atom stereocenters. The molecule has 1 saturated carbocycles. The van der Waals surface area contributed by atoms with E-state index in [9.17, 15) is 19.5 Å². The summed E-state index contributed by atoms with van der Waals surface area (Å²) in [7, 11) is 1.31. The highest BCUT2D eigenvalue weighted by Crippen LogP contribution is 2.49. The van der Waals surface area contributed by atoms with Gasteiger partial charge in [-0.05, 0) is 50.2 Å². The maximum Gasteiger partial charge on any atom is 0.341 e. The molecule has 1 aromatic heterocycles. The van der Waals surface area contributed by atoms with Crippen LogP contribution < -0.4 is 5.32 Å². The molecular formula is C24H25NO5S. The van der Waals surface area contributed by atoms with Crippen LogP contribution in [0.2, 0.25) is 0 Å². The normalized spacial score (nSPS) is 23.7. The van der Waals surface area contributed by atoms with Gasteiger partial charge in [-0.1, -0.05) is 35.9 Å². The zero-order valence-corrected chi connectivity index (χ0v) is 18.7. The molecule has 2 aliphatic rings. The Hall–Kier alpha value is -2.93. The van der Waals surface area contributed by atoms with E-state index in [2.05, 4.69) is 5.32 Å². The van der Waals surface area contributed by atoms with Crippen LogP contribution in [0.1, 0.15) is 32.8 Å². The summed E-state index contributed by atoms with van der Waals surface area (Å²) in [6, 6.07) is 6.03. The fraction of sp³-hybridized carbons (Fsp3) is 0.375. The van der Waals surface area contributed by atoms with Gasteiger partial charge in [0.2, 0.25) is 5.91 Å². The van der Waals surface area contributed by atoms with E-state index in [1.165, 1.54) is 18.4 Å². The van der Waals surface area contributed by atoms with Crippen LogP contribution in [0.4, 0.5) is 5.00 Å². The Bertz CT molecular complexity index is 1120. The van der Waals surface area contributed by atoms with Gasteiger partial charge >= 0.3 is 11.9 Å². The van der Waals surface area contributed by atoms with Gasteiger partial charge in [-0.2, -0.15) is 0 Å². The van der Waals surface area contributed by atoms with Crippen molar-refractivity contribution in [3.05, 3.63) is 51.9 Å². The molecule has 2 N–H and O–H groups in total. The average Bonchev–Trinajstić information content (AvgIpc) is 3.42. The van der Waals surface area contributed by atoms with Gasteiger partial charge in [0.1, 0.15) is 10.6 Å². The first-order valence-corrected chi connectivity index (χ1v) is 11.1. The lowest BCUT2D eigenvalue weighted by Crippen LogP contribution is -2.36. The van der Waals surface area contributed by atoms with Gasteiger partial charge in [0.05, 0.1) is 18.9 Å². The number of hydrogen-bond acceptors (Lipinski definition) is 5. The number of allylic oxidation sites excluding steroid dienone is 2. The summed E-state index contributed by atoms with van der Waals surface area (Å²) in [5.74, 6) is -3.44. The summed E-state index contributed by atoms with van der Waals surface area (Å²) in [5, 5.41) is 13.0. The van der Waals surface area contributed by atoms with Crippen LogP contribution in [0.15, 0.2) is 30.4 Å². The molecule has 2 aliphatic carbocycles. The molecular weight excluding hydrogens is 414 g/mol. The smallest absolute Gasteiger partial charge is 0.341 e. The van der Waals surface area contributed by atoms with Crippen LogP contribution in [0.5, 0.6) is 0 Å². The number of anilines is 1. The van der Waals surface area contributed by atoms with Crippen molar-refractivity contribution in [2.45, 2.75) is 27.2 Å². The molecule has 2 aromatic rings. The predicted molar refractivity (Wildman–Crippen MR) is 119 cm³/mol. The van der Waals surface area contributed by atoms with E-state index in [4.69, 9.17) is 4.74 Å². The number of aliphatic carboxylic acids is 1. The summed E-state index contributed by atoms with van der Waals surface area (Å²) in [6.45, 7) is 5.87. The lowest BCUT2D eigenvalue weighted by Gasteiger charge is -2.23. The number of carbonyl (C=O) groups excluding carboxylic acids is 2. The number of fused-ring (bicyclic) bond motifs is 2. The number of methoxy groups -OCH3 is 1. The third-order valence-corrected chi connectivity index (χ3v) is 7.44. The van der Waals surface area contributed by atoms with Crippen LogP contribution in [0.25, 0.3) is 11.1 Å². The number of rotatable bonds is 5. The number of thiophene rings is 1. The van der Waals surface area contributed by atoms with E-state index >= 15 is 0 Å². The van der Waals surface area contributed by atoms with Gasteiger partial charge in [0.15, 0.2) is 0 Å². The van der Waals surface area contributed by atoms with Crippen molar-refractivity contribution in [2.75, 3.05) is 12.4 Å². The van der Waals surface area contributed by atoms with Crippen molar-refractivity contribution in [3.8, 4) is 11.1 Å². The molecule has 6 nitrogen and oxygen atoms in total. The van der Waals surface area contributed by atoms with Gasteiger partial charge in [0.25, 0.3) is 0 Å². The molecule has 2 bridgehead atoms. The van der Waals surface area contributed by atoms with Gasteiger partial charge in [0, 0.05) is 10.4 Å². The Labute approximate surface area is 184 Å². The van der Waals surface area contributed by atoms with E-state index in [1.807, 2.05) is 51.1 Å². The number of esters is 1. The lowest BCUT2D eigenvalue weighted by atomic mass is 9.82. The molecule has 7 heteroatoms. The molecule has 162 valence electrons. The van der Waals surface area contributed by atoms with Crippen LogP contribution in [0, 0.1) is 44.4 Å². The first-order chi connectivity index (χ1) is 14.7. The summed E-state index contributed by atoms with van der Waals surface area (Å²) >= 11 is 1.31. The highest BCUT2D eigenvalue weighted by atomic mass is 32.1. The van der Waals surface area contributed by atoms with Crippen molar-refractivity contribution >= 4 is 34.2 Å². The van der Waals surface area contributed by atoms with E-state index in [0.29, 0.717) is 17.0 Å². The standard InChI is InChI=1S/C24H25NO5S/c1-11-5-6-12(2)16(9-11)17-13(3)31-22(20(17)24(29)30-4)25-21(26)18-14-7-8-15(10-14)19(18)23(27)28/h5-9,14-15,18-19H,10H2,1-4H3,(H,25,26)(H,27,28)/t14-,15-,18+,19+/m0/s1. The fourth-order valence-corrected chi connectivity index (χ4v) is 6.03. The highest BCUT2D eigenvalue weighted by molar-refractivity contribution is 7.17. The second-order valence-electron chi connectivity index (χ2n) is 8.37. The van der Waals surface area contributed by atoms with Crippen molar-refractivity contribution in [1.29, 1.82) is 0 Å². The number of carbonyl (C=O) groups is 3. The SMILES string of the molecule is COC(=O)c1c(NC(=O)[C@H]2[C@H](C(=O)O)[C@H]3C=C[C@H]2C3)sc(C)c1-c1cc(C)ccc1C. The van der Waals surface area contributed by atoms with Gasteiger partial charge in [-0.3, -0.25) is 9.59 Å². The van der Waals surface area contributed by atoms with Crippen molar-refractivity contribution < 1.29 is 24.2 Å². The molecule has 1 amide bonds. The van der Waals surface area contributed by atoms with Crippen molar-refractivity contribution in [2.24, 2.45) is 23.7 Å². The van der Waals surface area contributed by atoms with Crippen LogP contribution in [-0.4, -0.2) is 30.1 Å². The number of ether oxygens (including phenoxy) is 1. The molecule has 1 heterocycles. The highest BCUT2D eigenvalue weighted by Gasteiger charge is 2.51. The van der Waals surface area contributed by atoms with Crippen LogP contribution in [-0.2, 0) is 14.3 Å². The Morgan fingerprint density at radius 1 is 1.10 bits per heavy atom. The van der Waals surface area contributed by atoms with Crippen molar-refractivity contribution in [1.82, 2.24) is 0 Å². The molecule has 0 radical (unpaired) electrons. The number of aryl methyl sites for hydroxylation is 3.